The zero-order valence-corrected chi connectivity index (χ0v) is 30.7. The van der Waals surface area contributed by atoms with Crippen LogP contribution >= 0.6 is 7.60 Å². The topological polar surface area (TPSA) is 341 Å². The minimum atomic E-state index is -5.87. The van der Waals surface area contributed by atoms with Gasteiger partial charge in [-0.1, -0.05) is 5.11 Å². The largest absolute Gasteiger partial charge is 0.497 e. The van der Waals surface area contributed by atoms with Crippen molar-refractivity contribution in [1.29, 1.82) is 0 Å². The molecule has 2 aliphatic rings. The molecule has 310 valence electrons. The molecule has 0 saturated carbocycles. The van der Waals surface area contributed by atoms with E-state index < -0.39 is 90.7 Å². The number of hydrogen-bond acceptors (Lipinski definition) is 18. The van der Waals surface area contributed by atoms with Crippen LogP contribution < -0.4 is 41.0 Å². The van der Waals surface area contributed by atoms with Crippen molar-refractivity contribution in [3.8, 4) is 23.0 Å². The Bertz CT molecular complexity index is 2420. The zero-order chi connectivity index (χ0) is 42.2. The number of nitrogens with zero attached hydrogens (tertiary/aromatic N) is 5. The second-order valence-electron chi connectivity index (χ2n) is 12.4. The van der Waals surface area contributed by atoms with Crippen LogP contribution in [0.2, 0.25) is 0 Å². The van der Waals surface area contributed by atoms with Gasteiger partial charge in [0.25, 0.3) is 16.9 Å². The number of rotatable bonds is 14. The fraction of sp³-hybridized carbons (Fsp3) is 0.375. The summed E-state index contributed by atoms with van der Waals surface area (Å²) in [7, 11) is -3.21. The highest BCUT2D eigenvalue weighted by Crippen LogP contribution is 2.70. The molecule has 9 atom stereocenters. The summed E-state index contributed by atoms with van der Waals surface area (Å²) in [5.41, 5.74) is -2.54. The highest BCUT2D eigenvalue weighted by Gasteiger charge is 2.81. The van der Waals surface area contributed by atoms with Crippen LogP contribution in [0.1, 0.15) is 6.23 Å². The first-order valence-corrected chi connectivity index (χ1v) is 18.1. The summed E-state index contributed by atoms with van der Waals surface area (Å²) in [4.78, 5) is 56.4. The Morgan fingerprint density at radius 3 is 1.88 bits per heavy atom. The van der Waals surface area contributed by atoms with Crippen LogP contribution in [0.15, 0.2) is 97.3 Å². The number of aliphatic hydroxyl groups is 5. The van der Waals surface area contributed by atoms with Gasteiger partial charge in [-0.05, 0) is 54.1 Å². The third-order valence-electron chi connectivity index (χ3n) is 9.09. The molecule has 2 aromatic heterocycles. The van der Waals surface area contributed by atoms with Crippen molar-refractivity contribution >= 4 is 7.60 Å². The van der Waals surface area contributed by atoms with E-state index in [0.717, 1.165) is 12.3 Å². The van der Waals surface area contributed by atoms with Gasteiger partial charge in [0.05, 0.1) is 20.8 Å². The maximum absolute atomic E-state index is 15.9. The molecular weight excluding hydrogens is 804 g/mol. The van der Waals surface area contributed by atoms with Crippen molar-refractivity contribution in [3.05, 3.63) is 125 Å². The number of methoxy groups -OCH3 is 2. The first kappa shape index (κ1) is 41.8. The molecule has 2 fully saturated rings. The number of aromatic nitrogens is 4. The van der Waals surface area contributed by atoms with E-state index >= 15 is 8.96 Å². The second kappa shape index (κ2) is 15.8. The predicted molar refractivity (Wildman–Crippen MR) is 188 cm³/mol. The quantitative estimate of drug-likeness (QED) is 0.0265. The third kappa shape index (κ3) is 6.83. The SMILES string of the molecule is COc1ccc(OP(=O)(Oc2ccc(OC)cc2)[C@@]2(n3ccc(=O)[nH]c3=O)O[C@H](CO)[C@@H](O)[C@]2(O)OC(O)[C@@]2(N=[N+]=[N-])O[C@@H](n3ccc(=O)[nH]c3=O)[C@H](F)[C@@H]2O)cc1. The number of azide groups is 1. The molecule has 24 nitrogen and oxygen atoms in total. The van der Waals surface area contributed by atoms with E-state index in [1.54, 1.807) is 0 Å². The molecule has 0 amide bonds. The number of aliphatic hydroxyl groups excluding tert-OH is 4. The van der Waals surface area contributed by atoms with Gasteiger partial charge in [-0.15, -0.1) is 0 Å². The first-order chi connectivity index (χ1) is 27.5. The van der Waals surface area contributed by atoms with Gasteiger partial charge in [0, 0.05) is 29.4 Å². The lowest BCUT2D eigenvalue weighted by Gasteiger charge is -2.45. The lowest BCUT2D eigenvalue weighted by Crippen LogP contribution is -2.66. The summed E-state index contributed by atoms with van der Waals surface area (Å²) in [6.07, 6.45) is -14.8. The summed E-state index contributed by atoms with van der Waals surface area (Å²) < 4.78 is 71.3. The van der Waals surface area contributed by atoms with E-state index in [1.807, 2.05) is 9.97 Å². The Morgan fingerprint density at radius 2 is 1.40 bits per heavy atom. The van der Waals surface area contributed by atoms with Crippen LogP contribution in [0.3, 0.4) is 0 Å². The predicted octanol–water partition coefficient (Wildman–Crippen LogP) is -0.925. The van der Waals surface area contributed by atoms with Crippen molar-refractivity contribution in [3.63, 3.8) is 0 Å². The standard InChI is InChI=1S/C32H33FN7O17P/c1-51-16-3-7-18(8-4-16)56-58(50,57-19-9-5-17(52-2)6-10-19)32(40-14-12-22(43)36-29(40)48)31(49,24(44)20(15-41)53-32)55-27(46)30(37-38-34)25(45)23(33)26(54-30)39-13-11-21(42)35-28(39)47/h3-14,20,23-27,41,44-46,49H,15H2,1-2H3,(H,35,42,47)(H,36,43,48)/t20-,23-,24-,25+,26-,27?,30+,31+,32+/m1/s1. The summed E-state index contributed by atoms with van der Waals surface area (Å²) in [5, 5.41) is 60.9. The first-order valence-electron chi connectivity index (χ1n) is 16.6. The molecule has 26 heteroatoms. The fourth-order valence-electron chi connectivity index (χ4n) is 6.27. The van der Waals surface area contributed by atoms with Crippen LogP contribution in [0.25, 0.3) is 10.4 Å². The number of ether oxygens (including phenoxy) is 5. The van der Waals surface area contributed by atoms with Gasteiger partial charge in [-0.2, -0.15) is 0 Å². The fourth-order valence-corrected chi connectivity index (χ4v) is 8.62. The van der Waals surface area contributed by atoms with Crippen LogP contribution in [0.4, 0.5) is 4.39 Å². The van der Waals surface area contributed by atoms with Gasteiger partial charge in [0.2, 0.25) is 5.72 Å². The molecule has 0 aliphatic carbocycles. The molecule has 2 aromatic carbocycles. The van der Waals surface area contributed by atoms with Crippen molar-refractivity contribution in [2.45, 2.75) is 54.0 Å². The highest BCUT2D eigenvalue weighted by atomic mass is 31.2. The van der Waals surface area contributed by atoms with Crippen molar-refractivity contribution in [2.75, 3.05) is 20.8 Å². The normalized spacial score (nSPS) is 28.7. The van der Waals surface area contributed by atoms with E-state index in [1.165, 1.54) is 62.8 Å². The summed E-state index contributed by atoms with van der Waals surface area (Å²) in [6.45, 7) is -1.29. The molecule has 7 N–H and O–H groups in total. The Labute approximate surface area is 321 Å². The van der Waals surface area contributed by atoms with Gasteiger partial charge in [-0.3, -0.25) is 28.7 Å². The molecule has 0 radical (unpaired) electrons. The molecule has 1 unspecified atom stereocenters. The number of H-pyrrole nitrogens is 2. The van der Waals surface area contributed by atoms with Crippen LogP contribution in [-0.4, -0.2) is 108 Å². The lowest BCUT2D eigenvalue weighted by atomic mass is 10.0. The molecule has 2 saturated heterocycles. The summed E-state index contributed by atoms with van der Waals surface area (Å²) >= 11 is 0. The minimum absolute atomic E-state index is 0.167. The number of alkyl halides is 1. The maximum atomic E-state index is 15.9. The molecule has 4 heterocycles. The minimum Gasteiger partial charge on any atom is -0.497 e. The number of aromatic amines is 2. The van der Waals surface area contributed by atoms with E-state index in [9.17, 15) is 50.2 Å². The Hall–Kier alpha value is -5.85. The monoisotopic (exact) mass is 837 g/mol. The Balaban J connectivity index is 1.60. The number of benzene rings is 2. The lowest BCUT2D eigenvalue weighted by molar-refractivity contribution is -0.378. The summed E-state index contributed by atoms with van der Waals surface area (Å²) in [6, 6.07) is 11.4. The summed E-state index contributed by atoms with van der Waals surface area (Å²) in [5.74, 6) is -4.27. The smallest absolute Gasteiger partial charge is 0.490 e. The van der Waals surface area contributed by atoms with E-state index in [4.69, 9.17) is 32.7 Å². The van der Waals surface area contributed by atoms with Gasteiger partial charge < -0.3 is 58.3 Å². The molecule has 0 spiro atoms. The van der Waals surface area contributed by atoms with Gasteiger partial charge in [0.15, 0.2) is 18.7 Å². The third-order valence-corrected chi connectivity index (χ3v) is 11.4. The molecule has 6 rings (SSSR count). The molecule has 4 aromatic rings. The number of halogens is 1. The highest BCUT2D eigenvalue weighted by molar-refractivity contribution is 7.55. The zero-order valence-electron chi connectivity index (χ0n) is 29.8. The van der Waals surface area contributed by atoms with Crippen LogP contribution in [0.5, 0.6) is 23.0 Å². The average Bonchev–Trinajstić information content (AvgIpc) is 3.58. The Kier molecular flexibility index (Phi) is 11.4. The molecule has 0 bridgehead atoms. The van der Waals surface area contributed by atoms with Gasteiger partial charge in [-0.25, -0.2) is 18.5 Å². The number of nitrogens with one attached hydrogen (secondary N) is 2. The van der Waals surface area contributed by atoms with Gasteiger partial charge in [0.1, 0.15) is 41.3 Å². The van der Waals surface area contributed by atoms with Gasteiger partial charge >= 0.3 is 24.4 Å². The van der Waals surface area contributed by atoms with E-state index in [0.29, 0.717) is 16.8 Å². The van der Waals surface area contributed by atoms with Crippen molar-refractivity contribution in [1.82, 2.24) is 19.1 Å². The van der Waals surface area contributed by atoms with Crippen molar-refractivity contribution in [2.24, 2.45) is 5.11 Å². The second-order valence-corrected chi connectivity index (χ2v) is 14.4. The van der Waals surface area contributed by atoms with Crippen LogP contribution in [-0.2, 0) is 24.2 Å². The molecule has 2 aliphatic heterocycles. The van der Waals surface area contributed by atoms with E-state index in [-0.39, 0.29) is 27.6 Å². The molecular formula is C32H33FN7O17P. The van der Waals surface area contributed by atoms with Crippen molar-refractivity contribution < 1.29 is 67.2 Å². The molecule has 58 heavy (non-hydrogen) atoms. The van der Waals surface area contributed by atoms with Crippen LogP contribution in [0, 0.1) is 0 Å². The maximum Gasteiger partial charge on any atom is 0.490 e. The Morgan fingerprint density at radius 1 is 0.879 bits per heavy atom. The van der Waals surface area contributed by atoms with E-state index in [2.05, 4.69) is 10.0 Å². The average molecular weight is 838 g/mol. The number of hydrogen-bond donors (Lipinski definition) is 7.